The lowest BCUT2D eigenvalue weighted by atomic mass is 10.3. The maximum atomic E-state index is 12.0. The van der Waals surface area contributed by atoms with E-state index in [0.29, 0.717) is 17.2 Å². The molecule has 0 fully saturated rings. The first-order valence-electron chi connectivity index (χ1n) is 7.99. The molecule has 1 aromatic carbocycles. The fraction of sp³-hybridized carbons (Fsp3) is 0.333. The molecule has 2 N–H and O–H groups in total. The Balaban J connectivity index is 1.80. The minimum absolute atomic E-state index is 0.108. The quantitative estimate of drug-likeness (QED) is 0.725. The summed E-state index contributed by atoms with van der Waals surface area (Å²) in [6, 6.07) is 10.8. The van der Waals surface area contributed by atoms with Crippen molar-refractivity contribution in [2.45, 2.75) is 0 Å². The number of benzene rings is 1. The molecule has 2 aromatic rings. The molecule has 25 heavy (non-hydrogen) atoms. The Hall–Kier alpha value is -2.80. The molecule has 7 heteroatoms. The zero-order chi connectivity index (χ0) is 18.1. The molecule has 0 saturated carbocycles. The fourth-order valence-electron chi connectivity index (χ4n) is 2.06. The number of anilines is 2. The lowest BCUT2D eigenvalue weighted by Gasteiger charge is -2.12. The number of hydrogen-bond acceptors (Lipinski definition) is 6. The molecule has 0 atom stereocenters. The monoisotopic (exact) mass is 344 g/mol. The second kappa shape index (κ2) is 9.48. The number of carbonyl (C=O) groups is 1. The molecule has 1 aromatic heterocycles. The first-order chi connectivity index (χ1) is 12.1. The van der Waals surface area contributed by atoms with Gasteiger partial charge in [0, 0.05) is 13.1 Å². The third kappa shape index (κ3) is 6.31. The largest absolute Gasteiger partial charge is 0.493 e. The molecule has 2 rings (SSSR count). The van der Waals surface area contributed by atoms with E-state index < -0.39 is 0 Å². The third-order valence-corrected chi connectivity index (χ3v) is 3.34. The number of likely N-dealkylation sites (N-methyl/N-ethyl adjacent to an activating group) is 1. The summed E-state index contributed by atoms with van der Waals surface area (Å²) in [6.07, 6.45) is 1.61. The van der Waals surface area contributed by atoms with Crippen LogP contribution in [0.4, 0.5) is 11.5 Å². The van der Waals surface area contributed by atoms with E-state index in [1.54, 1.807) is 31.5 Å². The van der Waals surface area contributed by atoms with Crippen LogP contribution < -0.4 is 20.1 Å². The van der Waals surface area contributed by atoms with Gasteiger partial charge in [-0.15, -0.1) is 0 Å². The van der Waals surface area contributed by atoms with Gasteiger partial charge in [-0.25, -0.2) is 4.98 Å². The van der Waals surface area contributed by atoms with Crippen LogP contribution in [0.1, 0.15) is 0 Å². The normalized spacial score (nSPS) is 10.4. The van der Waals surface area contributed by atoms with Gasteiger partial charge in [-0.05, 0) is 38.4 Å². The van der Waals surface area contributed by atoms with Crippen molar-refractivity contribution in [2.24, 2.45) is 0 Å². The first-order valence-corrected chi connectivity index (χ1v) is 7.99. The van der Waals surface area contributed by atoms with Crippen molar-refractivity contribution in [3.8, 4) is 11.5 Å². The highest BCUT2D eigenvalue weighted by molar-refractivity contribution is 5.91. The second-order valence-electron chi connectivity index (χ2n) is 5.65. The lowest BCUT2D eigenvalue weighted by Crippen LogP contribution is -2.21. The summed E-state index contributed by atoms with van der Waals surface area (Å²) >= 11 is 0. The Morgan fingerprint density at radius 1 is 1.16 bits per heavy atom. The molecule has 7 nitrogen and oxygen atoms in total. The second-order valence-corrected chi connectivity index (χ2v) is 5.65. The van der Waals surface area contributed by atoms with Gasteiger partial charge >= 0.3 is 0 Å². The standard InChI is InChI=1S/C18H24N4O3/c1-22(2)11-10-19-17-9-8-14(12-20-17)21-18(23)13-25-16-7-5-4-6-15(16)24-3/h4-9,12H,10-11,13H2,1-3H3,(H,19,20)(H,21,23). The number of nitrogens with one attached hydrogen (secondary N) is 2. The van der Waals surface area contributed by atoms with E-state index in [-0.39, 0.29) is 12.5 Å². The lowest BCUT2D eigenvalue weighted by molar-refractivity contribution is -0.118. The van der Waals surface area contributed by atoms with E-state index >= 15 is 0 Å². The molecular weight excluding hydrogens is 320 g/mol. The van der Waals surface area contributed by atoms with Crippen LogP contribution >= 0.6 is 0 Å². The average molecular weight is 344 g/mol. The number of ether oxygens (including phenoxy) is 2. The maximum Gasteiger partial charge on any atom is 0.262 e. The zero-order valence-electron chi connectivity index (χ0n) is 14.8. The van der Waals surface area contributed by atoms with Crippen LogP contribution in [0.2, 0.25) is 0 Å². The number of nitrogens with zero attached hydrogens (tertiary/aromatic N) is 2. The predicted molar refractivity (Wildman–Crippen MR) is 98.4 cm³/mol. The van der Waals surface area contributed by atoms with Crippen molar-refractivity contribution in [3.63, 3.8) is 0 Å². The van der Waals surface area contributed by atoms with Crippen LogP contribution in [0.5, 0.6) is 11.5 Å². The number of carbonyl (C=O) groups excluding carboxylic acids is 1. The molecular formula is C18H24N4O3. The summed E-state index contributed by atoms with van der Waals surface area (Å²) in [5.41, 5.74) is 0.617. The van der Waals surface area contributed by atoms with Crippen LogP contribution in [0.25, 0.3) is 0 Å². The third-order valence-electron chi connectivity index (χ3n) is 3.34. The maximum absolute atomic E-state index is 12.0. The molecule has 0 aliphatic heterocycles. The summed E-state index contributed by atoms with van der Waals surface area (Å²) in [5.74, 6) is 1.62. The Morgan fingerprint density at radius 2 is 1.92 bits per heavy atom. The van der Waals surface area contributed by atoms with Gasteiger partial charge in [0.15, 0.2) is 18.1 Å². The minimum atomic E-state index is -0.263. The van der Waals surface area contributed by atoms with Gasteiger partial charge in [-0.2, -0.15) is 0 Å². The molecule has 0 spiro atoms. The van der Waals surface area contributed by atoms with Crippen LogP contribution in [-0.2, 0) is 4.79 Å². The highest BCUT2D eigenvalue weighted by Crippen LogP contribution is 2.25. The molecule has 1 heterocycles. The van der Waals surface area contributed by atoms with Crippen LogP contribution in [0.3, 0.4) is 0 Å². The summed E-state index contributed by atoms with van der Waals surface area (Å²) in [7, 11) is 5.59. The SMILES string of the molecule is COc1ccccc1OCC(=O)Nc1ccc(NCCN(C)C)nc1. The van der Waals surface area contributed by atoms with Crippen molar-refractivity contribution in [2.75, 3.05) is 51.5 Å². The van der Waals surface area contributed by atoms with E-state index in [1.165, 1.54) is 0 Å². The number of rotatable bonds is 9. The van der Waals surface area contributed by atoms with Gasteiger partial charge in [-0.1, -0.05) is 12.1 Å². The van der Waals surface area contributed by atoms with Gasteiger partial charge in [0.2, 0.25) is 0 Å². The minimum Gasteiger partial charge on any atom is -0.493 e. The van der Waals surface area contributed by atoms with E-state index in [1.807, 2.05) is 32.3 Å². The molecule has 0 aliphatic carbocycles. The number of aromatic nitrogens is 1. The fourth-order valence-corrected chi connectivity index (χ4v) is 2.06. The van der Waals surface area contributed by atoms with Crippen LogP contribution in [-0.4, -0.2) is 56.7 Å². The molecule has 0 aliphatic rings. The van der Waals surface area contributed by atoms with Gasteiger partial charge in [-0.3, -0.25) is 4.79 Å². The highest BCUT2D eigenvalue weighted by Gasteiger charge is 2.07. The molecule has 0 unspecified atom stereocenters. The summed E-state index contributed by atoms with van der Waals surface area (Å²) in [6.45, 7) is 1.61. The number of hydrogen-bond donors (Lipinski definition) is 2. The van der Waals surface area contributed by atoms with E-state index in [9.17, 15) is 4.79 Å². The number of pyridine rings is 1. The topological polar surface area (TPSA) is 75.7 Å². The van der Waals surface area contributed by atoms with Crippen LogP contribution in [0, 0.1) is 0 Å². The summed E-state index contributed by atoms with van der Waals surface area (Å²) in [4.78, 5) is 18.3. The Labute approximate surface area is 148 Å². The Morgan fingerprint density at radius 3 is 2.56 bits per heavy atom. The van der Waals surface area contributed by atoms with Gasteiger partial charge in [0.05, 0.1) is 19.0 Å². The number of methoxy groups -OCH3 is 1. The summed E-state index contributed by atoms with van der Waals surface area (Å²) < 4.78 is 10.7. The molecule has 0 radical (unpaired) electrons. The predicted octanol–water partition coefficient (Wildman–Crippen LogP) is 2.08. The van der Waals surface area contributed by atoms with Crippen molar-refractivity contribution in [1.82, 2.24) is 9.88 Å². The Bertz CT molecular complexity index is 674. The number of amides is 1. The smallest absolute Gasteiger partial charge is 0.262 e. The van der Waals surface area contributed by atoms with Crippen molar-refractivity contribution in [3.05, 3.63) is 42.6 Å². The van der Waals surface area contributed by atoms with Crippen molar-refractivity contribution < 1.29 is 14.3 Å². The summed E-state index contributed by atoms with van der Waals surface area (Å²) in [5, 5.41) is 5.96. The van der Waals surface area contributed by atoms with E-state index in [2.05, 4.69) is 20.5 Å². The average Bonchev–Trinajstić information content (AvgIpc) is 2.61. The van der Waals surface area contributed by atoms with Gasteiger partial charge < -0.3 is 25.0 Å². The zero-order valence-corrected chi connectivity index (χ0v) is 14.8. The van der Waals surface area contributed by atoms with E-state index in [4.69, 9.17) is 9.47 Å². The van der Waals surface area contributed by atoms with Crippen LogP contribution in [0.15, 0.2) is 42.6 Å². The van der Waals surface area contributed by atoms with E-state index in [0.717, 1.165) is 18.9 Å². The first kappa shape index (κ1) is 18.5. The molecule has 0 saturated heterocycles. The Kier molecular flexibility index (Phi) is 7.03. The van der Waals surface area contributed by atoms with Crippen molar-refractivity contribution in [1.29, 1.82) is 0 Å². The molecule has 1 amide bonds. The van der Waals surface area contributed by atoms with Gasteiger partial charge in [0.25, 0.3) is 5.91 Å². The highest BCUT2D eigenvalue weighted by atomic mass is 16.5. The number of para-hydroxylation sites is 2. The van der Waals surface area contributed by atoms with Gasteiger partial charge in [0.1, 0.15) is 5.82 Å². The molecule has 0 bridgehead atoms. The molecule has 134 valence electrons. The van der Waals surface area contributed by atoms with Crippen molar-refractivity contribution >= 4 is 17.4 Å².